The van der Waals surface area contributed by atoms with Crippen LogP contribution < -0.4 is 15.6 Å². The third kappa shape index (κ3) is 4.11. The lowest BCUT2D eigenvalue weighted by Gasteiger charge is -2.38. The molecule has 0 spiro atoms. The maximum Gasteiger partial charge on any atom is 0.258 e. The summed E-state index contributed by atoms with van der Waals surface area (Å²) >= 11 is 0. The molecule has 176 valence electrons. The van der Waals surface area contributed by atoms with Crippen LogP contribution in [0.4, 0.5) is 0 Å². The van der Waals surface area contributed by atoms with E-state index in [-0.39, 0.29) is 36.1 Å². The molecule has 1 saturated heterocycles. The number of carbonyl (C=O) groups is 1. The Bertz CT molecular complexity index is 1090. The van der Waals surface area contributed by atoms with Crippen LogP contribution in [0.15, 0.2) is 47.3 Å². The van der Waals surface area contributed by atoms with E-state index >= 15 is 0 Å². The van der Waals surface area contributed by atoms with Gasteiger partial charge in [0.2, 0.25) is 5.91 Å². The topological polar surface area (TPSA) is 83.8 Å². The molecule has 4 rings (SSSR count). The van der Waals surface area contributed by atoms with Gasteiger partial charge < -0.3 is 19.7 Å². The SMILES string of the molecule is C/C=C\c1ccc2n(c1=O)C[C@@H]1[C@@H](CO)[C@H](C(=O)NCCC)[C@H]2N1Cc1ccccc1OC. The zero-order chi connectivity index (χ0) is 23.5. The summed E-state index contributed by atoms with van der Waals surface area (Å²) in [6, 6.07) is 11.2. The summed E-state index contributed by atoms with van der Waals surface area (Å²) < 4.78 is 7.38. The summed E-state index contributed by atoms with van der Waals surface area (Å²) in [5.74, 6) is 0.00990. The number of nitrogens with zero attached hydrogens (tertiary/aromatic N) is 2. The van der Waals surface area contributed by atoms with Gasteiger partial charge in [0.1, 0.15) is 5.75 Å². The van der Waals surface area contributed by atoms with Gasteiger partial charge in [-0.3, -0.25) is 14.5 Å². The van der Waals surface area contributed by atoms with Crippen LogP contribution >= 0.6 is 0 Å². The van der Waals surface area contributed by atoms with Crippen LogP contribution in [-0.2, 0) is 17.9 Å². The molecule has 2 aliphatic heterocycles. The van der Waals surface area contributed by atoms with Crippen molar-refractivity contribution in [2.75, 3.05) is 20.3 Å². The van der Waals surface area contributed by atoms with E-state index < -0.39 is 5.92 Å². The van der Waals surface area contributed by atoms with Crippen LogP contribution in [-0.4, -0.2) is 46.8 Å². The Labute approximate surface area is 194 Å². The van der Waals surface area contributed by atoms with E-state index in [4.69, 9.17) is 4.74 Å². The van der Waals surface area contributed by atoms with Crippen molar-refractivity contribution in [1.82, 2.24) is 14.8 Å². The van der Waals surface area contributed by atoms with Crippen molar-refractivity contribution < 1.29 is 14.6 Å². The number of pyridine rings is 1. The van der Waals surface area contributed by atoms with Crippen molar-refractivity contribution >= 4 is 12.0 Å². The fourth-order valence-electron chi connectivity index (χ4n) is 5.46. The third-order valence-corrected chi connectivity index (χ3v) is 6.94. The number of hydrogen-bond donors (Lipinski definition) is 2. The first-order valence-corrected chi connectivity index (χ1v) is 11.7. The van der Waals surface area contributed by atoms with E-state index in [0.717, 1.165) is 23.4 Å². The molecular formula is C26H33N3O4. The Morgan fingerprint density at radius 2 is 2.06 bits per heavy atom. The van der Waals surface area contributed by atoms with Gasteiger partial charge in [0, 0.05) is 55.0 Å². The van der Waals surface area contributed by atoms with Gasteiger partial charge in [-0.2, -0.15) is 0 Å². The van der Waals surface area contributed by atoms with Crippen LogP contribution in [0.25, 0.3) is 6.08 Å². The van der Waals surface area contributed by atoms with E-state index in [1.54, 1.807) is 11.7 Å². The van der Waals surface area contributed by atoms with Gasteiger partial charge in [-0.1, -0.05) is 37.3 Å². The quantitative estimate of drug-likeness (QED) is 0.645. The Morgan fingerprint density at radius 3 is 2.76 bits per heavy atom. The van der Waals surface area contributed by atoms with E-state index in [1.165, 1.54) is 0 Å². The number of para-hydroxylation sites is 1. The lowest BCUT2D eigenvalue weighted by molar-refractivity contribution is -0.127. The van der Waals surface area contributed by atoms with E-state index in [2.05, 4.69) is 10.2 Å². The summed E-state index contributed by atoms with van der Waals surface area (Å²) in [4.78, 5) is 28.8. The molecule has 3 heterocycles. The number of fused-ring (bicyclic) bond motifs is 4. The lowest BCUT2D eigenvalue weighted by Crippen LogP contribution is -2.46. The van der Waals surface area contributed by atoms with Crippen molar-refractivity contribution in [3.63, 3.8) is 0 Å². The molecule has 2 aliphatic rings. The molecular weight excluding hydrogens is 418 g/mol. The molecule has 7 heteroatoms. The molecule has 0 unspecified atom stereocenters. The Balaban J connectivity index is 1.82. The normalized spacial score (nSPS) is 24.1. The molecule has 1 fully saturated rings. The number of aliphatic hydroxyl groups is 1. The van der Waals surface area contributed by atoms with Gasteiger partial charge in [0.15, 0.2) is 0 Å². The predicted octanol–water partition coefficient (Wildman–Crippen LogP) is 2.58. The molecule has 1 aromatic carbocycles. The second-order valence-electron chi connectivity index (χ2n) is 8.79. The Morgan fingerprint density at radius 1 is 1.27 bits per heavy atom. The fraction of sp³-hybridized carbons (Fsp3) is 0.462. The average molecular weight is 452 g/mol. The maximum atomic E-state index is 13.3. The number of nitrogens with one attached hydrogen (secondary N) is 1. The van der Waals surface area contributed by atoms with Gasteiger partial charge in [-0.25, -0.2) is 0 Å². The number of ether oxygens (including phenoxy) is 1. The van der Waals surface area contributed by atoms with Crippen molar-refractivity contribution in [2.45, 2.75) is 45.4 Å². The number of rotatable bonds is 8. The van der Waals surface area contributed by atoms with E-state index in [0.29, 0.717) is 25.2 Å². The van der Waals surface area contributed by atoms with Crippen LogP contribution in [0, 0.1) is 11.8 Å². The number of aliphatic hydroxyl groups excluding tert-OH is 1. The number of benzene rings is 1. The zero-order valence-electron chi connectivity index (χ0n) is 19.5. The average Bonchev–Trinajstić information content (AvgIpc) is 3.04. The number of amides is 1. The smallest absolute Gasteiger partial charge is 0.258 e. The first-order valence-electron chi connectivity index (χ1n) is 11.7. The van der Waals surface area contributed by atoms with Crippen LogP contribution in [0.1, 0.15) is 43.1 Å². The zero-order valence-corrected chi connectivity index (χ0v) is 19.5. The summed E-state index contributed by atoms with van der Waals surface area (Å²) in [6.45, 7) is 5.38. The van der Waals surface area contributed by atoms with Crippen LogP contribution in [0.5, 0.6) is 5.75 Å². The number of aromatic nitrogens is 1. The van der Waals surface area contributed by atoms with Crippen molar-refractivity contribution in [2.24, 2.45) is 11.8 Å². The minimum atomic E-state index is -0.443. The number of methoxy groups -OCH3 is 1. The monoisotopic (exact) mass is 451 g/mol. The molecule has 2 N–H and O–H groups in total. The molecule has 4 atom stereocenters. The van der Waals surface area contributed by atoms with Gasteiger partial charge in [-0.15, -0.1) is 0 Å². The van der Waals surface area contributed by atoms with E-state index in [1.807, 2.05) is 62.4 Å². The highest BCUT2D eigenvalue weighted by Gasteiger charge is 2.55. The minimum Gasteiger partial charge on any atom is -0.496 e. The summed E-state index contributed by atoms with van der Waals surface area (Å²) in [5, 5.41) is 13.4. The molecule has 1 aromatic heterocycles. The molecule has 0 aliphatic carbocycles. The molecule has 33 heavy (non-hydrogen) atoms. The second-order valence-corrected chi connectivity index (χ2v) is 8.79. The van der Waals surface area contributed by atoms with Gasteiger partial charge >= 0.3 is 0 Å². The standard InChI is InChI=1S/C26H33N3O4/c1-4-8-17-11-12-20-24-23(25(31)27-13-5-2)19(16-30)21(15-29(20)26(17)32)28(24)14-18-9-6-7-10-22(18)33-3/h4,6-12,19,21,23-24,30H,5,13-16H2,1-3H3,(H,27,31)/b8-4-/t19-,21-,23+,24+/m1/s1. The van der Waals surface area contributed by atoms with Gasteiger partial charge in [0.25, 0.3) is 5.56 Å². The molecule has 0 radical (unpaired) electrons. The molecule has 2 bridgehead atoms. The molecule has 1 amide bonds. The Kier molecular flexibility index (Phi) is 7.00. The highest BCUT2D eigenvalue weighted by atomic mass is 16.5. The summed E-state index contributed by atoms with van der Waals surface area (Å²) in [6.07, 6.45) is 4.50. The first kappa shape index (κ1) is 23.3. The highest BCUT2D eigenvalue weighted by Crippen LogP contribution is 2.49. The summed E-state index contributed by atoms with van der Waals surface area (Å²) in [5.41, 5.74) is 2.42. The third-order valence-electron chi connectivity index (χ3n) is 6.94. The van der Waals surface area contributed by atoms with Crippen LogP contribution in [0.3, 0.4) is 0 Å². The summed E-state index contributed by atoms with van der Waals surface area (Å²) in [7, 11) is 1.65. The molecule has 7 nitrogen and oxygen atoms in total. The fourth-order valence-corrected chi connectivity index (χ4v) is 5.46. The highest BCUT2D eigenvalue weighted by molar-refractivity contribution is 5.80. The number of carbonyl (C=O) groups excluding carboxylic acids is 1. The van der Waals surface area contributed by atoms with Crippen LogP contribution in [0.2, 0.25) is 0 Å². The van der Waals surface area contributed by atoms with Crippen molar-refractivity contribution in [3.05, 3.63) is 69.6 Å². The number of allylic oxidation sites excluding steroid dienone is 1. The van der Waals surface area contributed by atoms with Crippen molar-refractivity contribution in [3.8, 4) is 5.75 Å². The van der Waals surface area contributed by atoms with E-state index in [9.17, 15) is 14.7 Å². The first-order chi connectivity index (χ1) is 16.0. The number of hydrogen-bond acceptors (Lipinski definition) is 5. The van der Waals surface area contributed by atoms with Gasteiger partial charge in [0.05, 0.1) is 19.1 Å². The molecule has 2 aromatic rings. The second kappa shape index (κ2) is 9.93. The largest absolute Gasteiger partial charge is 0.496 e. The molecule has 0 saturated carbocycles. The van der Waals surface area contributed by atoms with Gasteiger partial charge in [-0.05, 0) is 31.5 Å². The lowest BCUT2D eigenvalue weighted by atomic mass is 9.86. The van der Waals surface area contributed by atoms with Crippen molar-refractivity contribution in [1.29, 1.82) is 0 Å². The Hall–Kier alpha value is -2.90. The minimum absolute atomic E-state index is 0.0520. The predicted molar refractivity (Wildman–Crippen MR) is 128 cm³/mol. The maximum absolute atomic E-state index is 13.3.